The van der Waals surface area contributed by atoms with Gasteiger partial charge in [0.1, 0.15) is 11.5 Å². The van der Waals surface area contributed by atoms with E-state index < -0.39 is 0 Å². The van der Waals surface area contributed by atoms with Gasteiger partial charge in [0.15, 0.2) is 5.96 Å². The van der Waals surface area contributed by atoms with Crippen molar-refractivity contribution in [3.63, 3.8) is 0 Å². The van der Waals surface area contributed by atoms with E-state index in [1.54, 1.807) is 26.3 Å². The number of methoxy groups -OCH3 is 1. The Labute approximate surface area is 156 Å². The van der Waals surface area contributed by atoms with Gasteiger partial charge in [-0.05, 0) is 24.1 Å². The highest BCUT2D eigenvalue weighted by atomic mass is 16.5. The fraction of sp³-hybridized carbons (Fsp3) is 0.632. The summed E-state index contributed by atoms with van der Waals surface area (Å²) in [5.74, 6) is 2.28. The third-order valence-electron chi connectivity index (χ3n) is 4.30. The molecule has 0 aliphatic carbocycles. The first kappa shape index (κ1) is 20.3. The topological polar surface area (TPSA) is 78.4 Å². The Morgan fingerprint density at radius 3 is 2.92 bits per heavy atom. The lowest BCUT2D eigenvalue weighted by Gasteiger charge is -2.34. The Kier molecular flexibility index (Phi) is 8.00. The second kappa shape index (κ2) is 10.2. The number of guanidine groups is 1. The van der Waals surface area contributed by atoms with Crippen LogP contribution in [0.3, 0.4) is 0 Å². The van der Waals surface area contributed by atoms with Crippen molar-refractivity contribution in [1.29, 1.82) is 0 Å². The Hall–Kier alpha value is -1.99. The van der Waals surface area contributed by atoms with Crippen LogP contribution < -0.4 is 15.4 Å². The molecule has 1 aromatic carbocycles. The van der Waals surface area contributed by atoms with Crippen molar-refractivity contribution in [3.05, 3.63) is 23.8 Å². The first-order valence-corrected chi connectivity index (χ1v) is 9.16. The normalized spacial score (nSPS) is 18.8. The van der Waals surface area contributed by atoms with Gasteiger partial charge in [0, 0.05) is 45.3 Å². The summed E-state index contributed by atoms with van der Waals surface area (Å²) in [6.07, 6.45) is 0.145. The smallest absolute Gasteiger partial charge is 0.191 e. The zero-order chi connectivity index (χ0) is 18.9. The Morgan fingerprint density at radius 1 is 1.42 bits per heavy atom. The molecule has 1 fully saturated rings. The molecule has 26 heavy (non-hydrogen) atoms. The lowest BCUT2D eigenvalue weighted by atomic mass is 10.2. The second-order valence-corrected chi connectivity index (χ2v) is 6.95. The summed E-state index contributed by atoms with van der Waals surface area (Å²) in [6.45, 7) is 9.41. The number of nitrogens with zero attached hydrogens (tertiary/aromatic N) is 2. The molecule has 7 nitrogen and oxygen atoms in total. The van der Waals surface area contributed by atoms with E-state index >= 15 is 0 Å². The highest BCUT2D eigenvalue weighted by Crippen LogP contribution is 2.22. The average Bonchev–Trinajstić information content (AvgIpc) is 2.63. The predicted molar refractivity (Wildman–Crippen MR) is 104 cm³/mol. The highest BCUT2D eigenvalue weighted by molar-refractivity contribution is 5.79. The number of nitrogens with one attached hydrogen (secondary N) is 2. The van der Waals surface area contributed by atoms with Gasteiger partial charge in [-0.15, -0.1) is 0 Å². The zero-order valence-corrected chi connectivity index (χ0v) is 16.3. The molecule has 2 rings (SSSR count). The van der Waals surface area contributed by atoms with Crippen LogP contribution in [0.2, 0.25) is 0 Å². The van der Waals surface area contributed by atoms with Crippen molar-refractivity contribution >= 4 is 5.96 Å². The predicted octanol–water partition coefficient (Wildman–Crippen LogP) is 1.42. The Bertz CT molecular complexity index is 592. The summed E-state index contributed by atoms with van der Waals surface area (Å²) in [5, 5.41) is 16.5. The summed E-state index contributed by atoms with van der Waals surface area (Å²) in [5.41, 5.74) is 0.754. The molecule has 0 aromatic heterocycles. The van der Waals surface area contributed by atoms with Gasteiger partial charge in [0.2, 0.25) is 0 Å². The number of benzene rings is 1. The van der Waals surface area contributed by atoms with Crippen molar-refractivity contribution < 1.29 is 14.6 Å². The van der Waals surface area contributed by atoms with Crippen molar-refractivity contribution in [1.82, 2.24) is 15.5 Å². The highest BCUT2D eigenvalue weighted by Gasteiger charge is 2.21. The summed E-state index contributed by atoms with van der Waals surface area (Å²) < 4.78 is 11.1. The van der Waals surface area contributed by atoms with Crippen LogP contribution in [-0.4, -0.2) is 69.0 Å². The van der Waals surface area contributed by atoms with Crippen molar-refractivity contribution in [3.8, 4) is 11.5 Å². The number of rotatable bonds is 7. The van der Waals surface area contributed by atoms with Gasteiger partial charge in [-0.3, -0.25) is 9.89 Å². The first-order chi connectivity index (χ1) is 12.5. The largest absolute Gasteiger partial charge is 0.508 e. The molecular weight excluding hydrogens is 332 g/mol. The number of ether oxygens (including phenoxy) is 2. The average molecular weight is 364 g/mol. The van der Waals surface area contributed by atoms with Gasteiger partial charge in [0.05, 0.1) is 19.8 Å². The van der Waals surface area contributed by atoms with E-state index in [9.17, 15) is 5.11 Å². The number of hydrogen-bond donors (Lipinski definition) is 3. The van der Waals surface area contributed by atoms with Crippen molar-refractivity contribution in [2.45, 2.75) is 26.5 Å². The lowest BCUT2D eigenvalue weighted by molar-refractivity contribution is -0.0284. The third-order valence-corrected chi connectivity index (χ3v) is 4.30. The monoisotopic (exact) mass is 364 g/mol. The number of morpholine rings is 1. The lowest BCUT2D eigenvalue weighted by Crippen LogP contribution is -2.50. The van der Waals surface area contributed by atoms with Gasteiger partial charge in [-0.2, -0.15) is 0 Å². The van der Waals surface area contributed by atoms with E-state index in [2.05, 4.69) is 34.4 Å². The van der Waals surface area contributed by atoms with Gasteiger partial charge in [0.25, 0.3) is 0 Å². The number of phenols is 1. The summed E-state index contributed by atoms with van der Waals surface area (Å²) in [6, 6.07) is 5.17. The Balaban J connectivity index is 1.81. The first-order valence-electron chi connectivity index (χ1n) is 9.16. The van der Waals surface area contributed by atoms with Crippen LogP contribution in [0.5, 0.6) is 11.5 Å². The van der Waals surface area contributed by atoms with Crippen molar-refractivity contribution in [2.75, 3.05) is 46.9 Å². The molecule has 1 aliphatic rings. The van der Waals surface area contributed by atoms with E-state index in [1.165, 1.54) is 0 Å². The molecule has 0 amide bonds. The van der Waals surface area contributed by atoms with Crippen LogP contribution in [0.1, 0.15) is 19.4 Å². The van der Waals surface area contributed by atoms with Crippen LogP contribution in [0, 0.1) is 5.92 Å². The number of phenolic OH excluding ortho intramolecular Hbond substituents is 1. The minimum Gasteiger partial charge on any atom is -0.508 e. The van der Waals surface area contributed by atoms with E-state index in [0.717, 1.165) is 31.8 Å². The van der Waals surface area contributed by atoms with Crippen LogP contribution in [0.4, 0.5) is 0 Å². The van der Waals surface area contributed by atoms with Gasteiger partial charge >= 0.3 is 0 Å². The minimum absolute atomic E-state index is 0.145. The number of aliphatic imine (C=N–C) groups is 1. The summed E-state index contributed by atoms with van der Waals surface area (Å²) in [4.78, 5) is 6.69. The molecule has 1 heterocycles. The van der Waals surface area contributed by atoms with Crippen LogP contribution in [0.25, 0.3) is 0 Å². The fourth-order valence-electron chi connectivity index (χ4n) is 3.03. The maximum absolute atomic E-state index is 9.97. The number of aromatic hydroxyl groups is 1. The van der Waals surface area contributed by atoms with Crippen molar-refractivity contribution in [2.24, 2.45) is 10.9 Å². The summed E-state index contributed by atoms with van der Waals surface area (Å²) in [7, 11) is 3.34. The van der Waals surface area contributed by atoms with Crippen LogP contribution >= 0.6 is 0 Å². The molecular formula is C19H32N4O3. The maximum atomic E-state index is 9.97. The number of hydrogen-bond acceptors (Lipinski definition) is 5. The van der Waals surface area contributed by atoms with E-state index in [4.69, 9.17) is 9.47 Å². The molecule has 1 saturated heterocycles. The van der Waals surface area contributed by atoms with E-state index in [-0.39, 0.29) is 11.9 Å². The van der Waals surface area contributed by atoms with Gasteiger partial charge < -0.3 is 25.2 Å². The molecule has 146 valence electrons. The summed E-state index contributed by atoms with van der Waals surface area (Å²) >= 11 is 0. The van der Waals surface area contributed by atoms with E-state index in [1.807, 2.05) is 6.07 Å². The van der Waals surface area contributed by atoms with E-state index in [0.29, 0.717) is 30.7 Å². The zero-order valence-electron chi connectivity index (χ0n) is 16.3. The van der Waals surface area contributed by atoms with Gasteiger partial charge in [-0.1, -0.05) is 13.8 Å². The standard InChI is InChI=1S/C19H32N4O3/c1-14(2)12-23-7-8-26-17(13-23)11-22-19(20-3)21-10-15-9-16(25-4)5-6-18(15)24/h5-6,9,14,17,24H,7-8,10-13H2,1-4H3,(H2,20,21,22). The third kappa shape index (κ3) is 6.38. The van der Waals surface area contributed by atoms with Crippen LogP contribution in [0.15, 0.2) is 23.2 Å². The molecule has 1 unspecified atom stereocenters. The molecule has 0 bridgehead atoms. The minimum atomic E-state index is 0.145. The molecule has 0 radical (unpaired) electrons. The fourth-order valence-corrected chi connectivity index (χ4v) is 3.03. The molecule has 0 saturated carbocycles. The SMILES string of the molecule is CN=C(NCc1cc(OC)ccc1O)NCC1CN(CC(C)C)CCO1. The quantitative estimate of drug-likeness (QED) is 0.502. The molecule has 3 N–H and O–H groups in total. The molecule has 1 aromatic rings. The molecule has 1 aliphatic heterocycles. The second-order valence-electron chi connectivity index (χ2n) is 6.95. The molecule has 0 spiro atoms. The Morgan fingerprint density at radius 2 is 2.23 bits per heavy atom. The molecule has 7 heteroatoms. The van der Waals surface area contributed by atoms with Gasteiger partial charge in [-0.25, -0.2) is 0 Å². The van der Waals surface area contributed by atoms with Crippen LogP contribution in [-0.2, 0) is 11.3 Å². The molecule has 1 atom stereocenters. The maximum Gasteiger partial charge on any atom is 0.191 e.